The molecule has 2 aromatic rings. The number of anilines is 1. The molecular weight excluding hydrogens is 423 g/mol. The molecule has 0 saturated carbocycles. The van der Waals surface area contributed by atoms with Crippen molar-refractivity contribution in [1.29, 1.82) is 0 Å². The number of amidine groups is 1. The summed E-state index contributed by atoms with van der Waals surface area (Å²) in [7, 11) is 2.94. The van der Waals surface area contributed by atoms with Crippen LogP contribution in [0.5, 0.6) is 11.5 Å². The van der Waals surface area contributed by atoms with Gasteiger partial charge in [-0.25, -0.2) is 4.39 Å². The Labute approximate surface area is 182 Å². The van der Waals surface area contributed by atoms with Gasteiger partial charge in [0.05, 0.1) is 19.9 Å². The molecule has 1 unspecified atom stereocenters. The smallest absolute Gasteiger partial charge is 0.238 e. The number of rotatable bonds is 6. The molecule has 2 N–H and O–H groups in total. The lowest BCUT2D eigenvalue weighted by Gasteiger charge is -2.21. The number of nitrogens with one attached hydrogen (secondary N) is 2. The van der Waals surface area contributed by atoms with Crippen LogP contribution in [0.25, 0.3) is 0 Å². The maximum atomic E-state index is 13.9. The summed E-state index contributed by atoms with van der Waals surface area (Å²) in [4.78, 5) is 24.6. The first-order chi connectivity index (χ1) is 14.9. The van der Waals surface area contributed by atoms with E-state index in [1.54, 1.807) is 44.4 Å². The van der Waals surface area contributed by atoms with Gasteiger partial charge in [-0.2, -0.15) is 5.10 Å². The number of carbonyl (C=O) groups is 2. The van der Waals surface area contributed by atoms with Crippen molar-refractivity contribution < 1.29 is 23.5 Å². The van der Waals surface area contributed by atoms with Gasteiger partial charge in [-0.15, -0.1) is 5.10 Å². The molecule has 1 aliphatic heterocycles. The molecule has 1 saturated heterocycles. The van der Waals surface area contributed by atoms with Crippen molar-refractivity contribution in [2.75, 3.05) is 19.5 Å². The lowest BCUT2D eigenvalue weighted by Crippen LogP contribution is -2.41. The van der Waals surface area contributed by atoms with Gasteiger partial charge in [-0.3, -0.25) is 9.59 Å². The number of amides is 2. The molecular formula is C21H21FN4O4S. The molecule has 162 valence electrons. The van der Waals surface area contributed by atoms with Crippen LogP contribution in [0.15, 0.2) is 52.7 Å². The van der Waals surface area contributed by atoms with Gasteiger partial charge >= 0.3 is 0 Å². The average Bonchev–Trinajstić information content (AvgIpc) is 2.77. The van der Waals surface area contributed by atoms with Crippen molar-refractivity contribution in [3.05, 3.63) is 53.8 Å². The van der Waals surface area contributed by atoms with E-state index in [-0.39, 0.29) is 29.2 Å². The second-order valence-electron chi connectivity index (χ2n) is 6.52. The molecule has 1 fully saturated rings. The average molecular weight is 444 g/mol. The van der Waals surface area contributed by atoms with E-state index in [1.165, 1.54) is 19.2 Å². The molecule has 0 spiro atoms. The molecule has 0 radical (unpaired) electrons. The molecule has 1 heterocycles. The first-order valence-electron chi connectivity index (χ1n) is 9.27. The van der Waals surface area contributed by atoms with E-state index in [4.69, 9.17) is 9.47 Å². The van der Waals surface area contributed by atoms with Crippen molar-refractivity contribution in [3.63, 3.8) is 0 Å². The van der Waals surface area contributed by atoms with E-state index in [9.17, 15) is 14.0 Å². The fraction of sp³-hybridized carbons (Fsp3) is 0.238. The Morgan fingerprint density at radius 2 is 1.94 bits per heavy atom. The predicted octanol–water partition coefficient (Wildman–Crippen LogP) is 3.18. The zero-order chi connectivity index (χ0) is 22.4. The Bertz CT molecular complexity index is 1040. The first kappa shape index (κ1) is 22.3. The van der Waals surface area contributed by atoms with Gasteiger partial charge in [-0.1, -0.05) is 11.8 Å². The minimum atomic E-state index is -0.663. The summed E-state index contributed by atoms with van der Waals surface area (Å²) >= 11 is 1.10. The fourth-order valence-corrected chi connectivity index (χ4v) is 3.64. The van der Waals surface area contributed by atoms with Crippen LogP contribution < -0.4 is 20.1 Å². The summed E-state index contributed by atoms with van der Waals surface area (Å²) < 4.78 is 23.9. The predicted molar refractivity (Wildman–Crippen MR) is 118 cm³/mol. The second kappa shape index (κ2) is 10.1. The molecule has 8 nitrogen and oxygen atoms in total. The number of methoxy groups -OCH3 is 2. The van der Waals surface area contributed by atoms with E-state index < -0.39 is 11.1 Å². The largest absolute Gasteiger partial charge is 0.497 e. The van der Waals surface area contributed by atoms with Crippen molar-refractivity contribution in [2.24, 2.45) is 10.2 Å². The van der Waals surface area contributed by atoms with Gasteiger partial charge < -0.3 is 20.1 Å². The number of benzene rings is 2. The SMILES string of the molecule is COc1ccc(NC(=O)C2CC(=O)NC(=NN=C(C)c3ccc(OC)c(F)c3)S2)cc1. The topological polar surface area (TPSA) is 101 Å². The summed E-state index contributed by atoms with van der Waals surface area (Å²) in [6.45, 7) is 1.66. The normalized spacial score (nSPS) is 17.8. The number of nitrogens with zero attached hydrogens (tertiary/aromatic N) is 2. The van der Waals surface area contributed by atoms with Gasteiger partial charge in [0.15, 0.2) is 16.7 Å². The van der Waals surface area contributed by atoms with Crippen LogP contribution in [0, 0.1) is 5.82 Å². The molecule has 1 aliphatic rings. The van der Waals surface area contributed by atoms with Crippen LogP contribution in [0.3, 0.4) is 0 Å². The molecule has 0 aliphatic carbocycles. The Balaban J connectivity index is 1.69. The summed E-state index contributed by atoms with van der Waals surface area (Å²) in [5, 5.41) is 13.0. The van der Waals surface area contributed by atoms with Crippen molar-refractivity contribution in [3.8, 4) is 11.5 Å². The molecule has 2 aromatic carbocycles. The number of carbonyl (C=O) groups excluding carboxylic acids is 2. The third-order valence-electron chi connectivity index (χ3n) is 4.38. The second-order valence-corrected chi connectivity index (χ2v) is 7.71. The van der Waals surface area contributed by atoms with E-state index in [0.717, 1.165) is 11.8 Å². The highest BCUT2D eigenvalue weighted by Gasteiger charge is 2.30. The van der Waals surface area contributed by atoms with Gasteiger partial charge in [0, 0.05) is 17.7 Å². The Morgan fingerprint density at radius 1 is 1.19 bits per heavy atom. The van der Waals surface area contributed by atoms with Gasteiger partial charge in [-0.05, 0) is 49.4 Å². The molecule has 3 rings (SSSR count). The maximum Gasteiger partial charge on any atom is 0.238 e. The van der Waals surface area contributed by atoms with Crippen LogP contribution in [0.4, 0.5) is 10.1 Å². The minimum Gasteiger partial charge on any atom is -0.497 e. The molecule has 0 bridgehead atoms. The number of thioether (sulfide) groups is 1. The maximum absolute atomic E-state index is 13.9. The Kier molecular flexibility index (Phi) is 7.24. The quantitative estimate of drug-likeness (QED) is 0.526. The van der Waals surface area contributed by atoms with E-state index in [1.807, 2.05) is 0 Å². The van der Waals surface area contributed by atoms with Crippen LogP contribution >= 0.6 is 11.8 Å². The van der Waals surface area contributed by atoms with Crippen molar-refractivity contribution in [2.45, 2.75) is 18.6 Å². The third kappa shape index (κ3) is 5.82. The summed E-state index contributed by atoms with van der Waals surface area (Å²) in [6, 6.07) is 11.3. The van der Waals surface area contributed by atoms with E-state index >= 15 is 0 Å². The van der Waals surface area contributed by atoms with Gasteiger partial charge in [0.25, 0.3) is 0 Å². The molecule has 1 atom stereocenters. The summed E-state index contributed by atoms with van der Waals surface area (Å²) in [5.41, 5.74) is 1.54. The van der Waals surface area contributed by atoms with Crippen LogP contribution in [0.1, 0.15) is 18.9 Å². The monoisotopic (exact) mass is 444 g/mol. The number of hydrogen-bond donors (Lipinski definition) is 2. The van der Waals surface area contributed by atoms with Crippen LogP contribution in [-0.4, -0.2) is 42.2 Å². The number of halogens is 1. The molecule has 0 aromatic heterocycles. The standard InChI is InChI=1S/C21H21FN4O4S/c1-12(13-4-9-17(30-3)16(22)10-13)25-26-21-24-19(27)11-18(31-21)20(28)23-14-5-7-15(29-2)8-6-14/h4-10,18H,11H2,1-3H3,(H,23,28)(H,24,26,27). The van der Waals surface area contributed by atoms with E-state index in [0.29, 0.717) is 22.7 Å². The van der Waals surface area contributed by atoms with Crippen LogP contribution in [0.2, 0.25) is 0 Å². The highest BCUT2D eigenvalue weighted by Crippen LogP contribution is 2.24. The molecule has 2 amide bonds. The van der Waals surface area contributed by atoms with Crippen molar-refractivity contribution in [1.82, 2.24) is 5.32 Å². The lowest BCUT2D eigenvalue weighted by atomic mass is 10.1. The molecule has 31 heavy (non-hydrogen) atoms. The first-order valence-corrected chi connectivity index (χ1v) is 10.1. The Morgan fingerprint density at radius 3 is 2.58 bits per heavy atom. The minimum absolute atomic E-state index is 0.0120. The highest BCUT2D eigenvalue weighted by molar-refractivity contribution is 8.15. The molecule has 10 heteroatoms. The summed E-state index contributed by atoms with van der Waals surface area (Å²) in [6.07, 6.45) is 0.0120. The summed E-state index contributed by atoms with van der Waals surface area (Å²) in [5.74, 6) is -0.378. The van der Waals surface area contributed by atoms with E-state index in [2.05, 4.69) is 20.8 Å². The number of hydrogen-bond acceptors (Lipinski definition) is 7. The van der Waals surface area contributed by atoms with Crippen LogP contribution in [-0.2, 0) is 9.59 Å². The number of ether oxygens (including phenoxy) is 2. The lowest BCUT2D eigenvalue weighted by molar-refractivity contribution is -0.123. The Hall–Kier alpha value is -3.40. The zero-order valence-corrected chi connectivity index (χ0v) is 18.0. The van der Waals surface area contributed by atoms with Crippen molar-refractivity contribution >= 4 is 40.1 Å². The van der Waals surface area contributed by atoms with Gasteiger partial charge in [0.1, 0.15) is 11.0 Å². The zero-order valence-electron chi connectivity index (χ0n) is 17.1. The van der Waals surface area contributed by atoms with Gasteiger partial charge in [0.2, 0.25) is 11.8 Å². The highest BCUT2D eigenvalue weighted by atomic mass is 32.2. The fourth-order valence-electron chi connectivity index (χ4n) is 2.71. The third-order valence-corrected chi connectivity index (χ3v) is 5.45.